The van der Waals surface area contributed by atoms with E-state index in [9.17, 15) is 0 Å². The molecule has 1 aliphatic carbocycles. The molecule has 0 saturated heterocycles. The largest absolute Gasteiger partial charge is 0.378 e. The van der Waals surface area contributed by atoms with E-state index in [2.05, 4.69) is 33.0 Å². The first kappa shape index (κ1) is 16.0. The lowest BCUT2D eigenvalue weighted by molar-refractivity contribution is 0.0122. The molecular weight excluding hydrogens is 222 g/mol. The molecule has 18 heavy (non-hydrogen) atoms. The SMILES string of the molecule is CCCNCC1CCC(CC)CC1COC(C)C. The summed E-state index contributed by atoms with van der Waals surface area (Å²) in [4.78, 5) is 0. The lowest BCUT2D eigenvalue weighted by Crippen LogP contribution is -2.36. The van der Waals surface area contributed by atoms with E-state index < -0.39 is 0 Å². The highest BCUT2D eigenvalue weighted by atomic mass is 16.5. The van der Waals surface area contributed by atoms with E-state index in [0.717, 1.165) is 30.9 Å². The number of hydrogen-bond donors (Lipinski definition) is 1. The van der Waals surface area contributed by atoms with Gasteiger partial charge in [-0.1, -0.05) is 26.7 Å². The topological polar surface area (TPSA) is 21.3 Å². The molecule has 0 bridgehead atoms. The third-order valence-electron chi connectivity index (χ3n) is 4.30. The zero-order valence-corrected chi connectivity index (χ0v) is 12.9. The molecule has 0 amide bonds. The molecule has 108 valence electrons. The van der Waals surface area contributed by atoms with Gasteiger partial charge in [0, 0.05) is 0 Å². The van der Waals surface area contributed by atoms with E-state index in [-0.39, 0.29) is 0 Å². The average Bonchev–Trinajstić information content (AvgIpc) is 2.37. The van der Waals surface area contributed by atoms with Crippen molar-refractivity contribution in [3.05, 3.63) is 0 Å². The fourth-order valence-electron chi connectivity index (χ4n) is 3.05. The summed E-state index contributed by atoms with van der Waals surface area (Å²) in [7, 11) is 0. The van der Waals surface area contributed by atoms with Gasteiger partial charge in [0.2, 0.25) is 0 Å². The summed E-state index contributed by atoms with van der Waals surface area (Å²) in [5.41, 5.74) is 0. The summed E-state index contributed by atoms with van der Waals surface area (Å²) < 4.78 is 5.88. The van der Waals surface area contributed by atoms with E-state index in [1.54, 1.807) is 0 Å². The highest BCUT2D eigenvalue weighted by Crippen LogP contribution is 2.35. The maximum absolute atomic E-state index is 5.88. The van der Waals surface area contributed by atoms with Gasteiger partial charge < -0.3 is 10.1 Å². The second-order valence-electron chi connectivity index (χ2n) is 6.19. The standard InChI is InChI=1S/C16H33NO/c1-5-9-17-11-15-8-7-14(6-2)10-16(15)12-18-13(3)4/h13-17H,5-12H2,1-4H3. The summed E-state index contributed by atoms with van der Waals surface area (Å²) in [6.45, 7) is 12.2. The normalized spacial score (nSPS) is 28.8. The van der Waals surface area contributed by atoms with Gasteiger partial charge in [-0.25, -0.2) is 0 Å². The first-order valence-electron chi connectivity index (χ1n) is 7.99. The molecule has 1 aliphatic rings. The van der Waals surface area contributed by atoms with Gasteiger partial charge in [0.25, 0.3) is 0 Å². The van der Waals surface area contributed by atoms with Gasteiger partial charge in [-0.15, -0.1) is 0 Å². The zero-order chi connectivity index (χ0) is 13.4. The molecular formula is C16H33NO. The van der Waals surface area contributed by atoms with Crippen LogP contribution in [-0.4, -0.2) is 25.8 Å². The van der Waals surface area contributed by atoms with E-state index in [1.165, 1.54) is 38.6 Å². The summed E-state index contributed by atoms with van der Waals surface area (Å²) in [6, 6.07) is 0. The van der Waals surface area contributed by atoms with Crippen molar-refractivity contribution in [3.63, 3.8) is 0 Å². The van der Waals surface area contributed by atoms with Gasteiger partial charge in [0.1, 0.15) is 0 Å². The van der Waals surface area contributed by atoms with Gasteiger partial charge in [0.15, 0.2) is 0 Å². The predicted molar refractivity (Wildman–Crippen MR) is 78.9 cm³/mol. The van der Waals surface area contributed by atoms with Crippen molar-refractivity contribution in [2.45, 2.75) is 65.9 Å². The van der Waals surface area contributed by atoms with Crippen molar-refractivity contribution in [2.75, 3.05) is 19.7 Å². The molecule has 0 aromatic rings. The predicted octanol–water partition coefficient (Wildman–Crippen LogP) is 3.85. The number of nitrogens with one attached hydrogen (secondary N) is 1. The van der Waals surface area contributed by atoms with Crippen LogP contribution in [-0.2, 0) is 4.74 Å². The Morgan fingerprint density at radius 2 is 1.94 bits per heavy atom. The van der Waals surface area contributed by atoms with E-state index in [0.29, 0.717) is 6.10 Å². The van der Waals surface area contributed by atoms with Crippen LogP contribution < -0.4 is 5.32 Å². The molecule has 0 aromatic heterocycles. The monoisotopic (exact) mass is 255 g/mol. The van der Waals surface area contributed by atoms with Gasteiger partial charge in [0.05, 0.1) is 12.7 Å². The lowest BCUT2D eigenvalue weighted by atomic mass is 9.73. The Hall–Kier alpha value is -0.0800. The fraction of sp³-hybridized carbons (Fsp3) is 1.00. The molecule has 0 heterocycles. The summed E-state index contributed by atoms with van der Waals surface area (Å²) in [6.07, 6.45) is 7.14. The minimum absolute atomic E-state index is 0.372. The maximum atomic E-state index is 5.88. The Morgan fingerprint density at radius 1 is 1.17 bits per heavy atom. The summed E-state index contributed by atoms with van der Waals surface area (Å²) in [5, 5.41) is 3.60. The summed E-state index contributed by atoms with van der Waals surface area (Å²) in [5.74, 6) is 2.54. The van der Waals surface area contributed by atoms with Gasteiger partial charge in [-0.3, -0.25) is 0 Å². The number of hydrogen-bond acceptors (Lipinski definition) is 2. The number of rotatable bonds is 8. The second kappa shape index (κ2) is 8.92. The van der Waals surface area contributed by atoms with Crippen LogP contribution in [0.15, 0.2) is 0 Å². The van der Waals surface area contributed by atoms with Crippen molar-refractivity contribution in [3.8, 4) is 0 Å². The minimum atomic E-state index is 0.372. The Kier molecular flexibility index (Phi) is 7.92. The average molecular weight is 255 g/mol. The molecule has 0 aliphatic heterocycles. The van der Waals surface area contributed by atoms with Crippen molar-refractivity contribution in [1.82, 2.24) is 5.32 Å². The van der Waals surface area contributed by atoms with Crippen LogP contribution >= 0.6 is 0 Å². The second-order valence-corrected chi connectivity index (χ2v) is 6.19. The third-order valence-corrected chi connectivity index (χ3v) is 4.30. The maximum Gasteiger partial charge on any atom is 0.0519 e. The molecule has 0 spiro atoms. The van der Waals surface area contributed by atoms with Crippen LogP contribution in [0.2, 0.25) is 0 Å². The molecule has 1 fully saturated rings. The van der Waals surface area contributed by atoms with E-state index >= 15 is 0 Å². The molecule has 2 heteroatoms. The third kappa shape index (κ3) is 5.71. The van der Waals surface area contributed by atoms with Crippen LogP contribution in [0.5, 0.6) is 0 Å². The molecule has 2 nitrogen and oxygen atoms in total. The van der Waals surface area contributed by atoms with Gasteiger partial charge >= 0.3 is 0 Å². The number of ether oxygens (including phenoxy) is 1. The smallest absolute Gasteiger partial charge is 0.0519 e. The Morgan fingerprint density at radius 3 is 2.56 bits per heavy atom. The van der Waals surface area contributed by atoms with E-state index in [4.69, 9.17) is 4.74 Å². The molecule has 0 aromatic carbocycles. The van der Waals surface area contributed by atoms with Crippen LogP contribution in [0, 0.1) is 17.8 Å². The molecule has 0 radical (unpaired) electrons. The van der Waals surface area contributed by atoms with Crippen LogP contribution in [0.4, 0.5) is 0 Å². The lowest BCUT2D eigenvalue weighted by Gasteiger charge is -2.36. The van der Waals surface area contributed by atoms with Crippen molar-refractivity contribution >= 4 is 0 Å². The van der Waals surface area contributed by atoms with E-state index in [1.807, 2.05) is 0 Å². The molecule has 1 rings (SSSR count). The van der Waals surface area contributed by atoms with Crippen molar-refractivity contribution in [2.24, 2.45) is 17.8 Å². The Labute approximate surface area is 114 Å². The zero-order valence-electron chi connectivity index (χ0n) is 12.9. The molecule has 3 unspecified atom stereocenters. The quantitative estimate of drug-likeness (QED) is 0.665. The highest BCUT2D eigenvalue weighted by molar-refractivity contribution is 4.81. The van der Waals surface area contributed by atoms with Gasteiger partial charge in [-0.05, 0) is 64.0 Å². The van der Waals surface area contributed by atoms with Crippen molar-refractivity contribution in [1.29, 1.82) is 0 Å². The van der Waals surface area contributed by atoms with Gasteiger partial charge in [-0.2, -0.15) is 0 Å². The molecule has 1 N–H and O–H groups in total. The molecule has 1 saturated carbocycles. The summed E-state index contributed by atoms with van der Waals surface area (Å²) >= 11 is 0. The van der Waals surface area contributed by atoms with Crippen molar-refractivity contribution < 1.29 is 4.74 Å². The van der Waals surface area contributed by atoms with Crippen LogP contribution in [0.1, 0.15) is 59.8 Å². The Bertz CT molecular complexity index is 203. The molecule has 3 atom stereocenters. The first-order chi connectivity index (χ1) is 8.67. The Balaban J connectivity index is 2.40. The highest BCUT2D eigenvalue weighted by Gasteiger charge is 2.29. The fourth-order valence-corrected chi connectivity index (χ4v) is 3.05. The first-order valence-corrected chi connectivity index (χ1v) is 7.99. The minimum Gasteiger partial charge on any atom is -0.378 e. The van der Waals surface area contributed by atoms with Crippen LogP contribution in [0.25, 0.3) is 0 Å². The van der Waals surface area contributed by atoms with Crippen LogP contribution in [0.3, 0.4) is 0 Å².